The monoisotopic (exact) mass is 459 g/mol. The van der Waals surface area contributed by atoms with Crippen molar-refractivity contribution in [1.82, 2.24) is 9.55 Å². The van der Waals surface area contributed by atoms with Crippen LogP contribution >= 0.6 is 35.0 Å². The van der Waals surface area contributed by atoms with E-state index in [4.69, 9.17) is 27.6 Å². The van der Waals surface area contributed by atoms with Crippen molar-refractivity contribution in [3.63, 3.8) is 0 Å². The molecule has 152 valence electrons. The predicted molar refractivity (Wildman–Crippen MR) is 120 cm³/mol. The lowest BCUT2D eigenvalue weighted by molar-refractivity contribution is -0.113. The number of amides is 1. The topological polar surface area (TPSA) is 77.1 Å². The number of para-hydroxylation sites is 1. The lowest BCUT2D eigenvalue weighted by atomic mass is 10.2. The molecule has 1 amide bonds. The first-order chi connectivity index (χ1) is 14.5. The standard InChI is InChI=1S/C21H15Cl2N3O3S/c22-16-8-7-13(10-17(16)23)24-19(27)12-30-21-25-18-6-2-1-5-15(18)20(28)26(21)11-14-4-3-9-29-14/h1-10H,11-12H2,(H,24,27). The smallest absolute Gasteiger partial charge is 0.262 e. The summed E-state index contributed by atoms with van der Waals surface area (Å²) < 4.78 is 6.90. The Kier molecular flexibility index (Phi) is 6.13. The first kappa shape index (κ1) is 20.5. The van der Waals surface area contributed by atoms with Crippen LogP contribution in [-0.2, 0) is 11.3 Å². The summed E-state index contributed by atoms with van der Waals surface area (Å²) in [5.74, 6) is 0.421. The second-order valence-corrected chi connectivity index (χ2v) is 8.10. The van der Waals surface area contributed by atoms with Gasteiger partial charge in [0.15, 0.2) is 5.16 Å². The summed E-state index contributed by atoms with van der Waals surface area (Å²) in [6.07, 6.45) is 1.55. The first-order valence-corrected chi connectivity index (χ1v) is 10.6. The van der Waals surface area contributed by atoms with Gasteiger partial charge in [0.1, 0.15) is 5.76 Å². The number of rotatable bonds is 6. The molecule has 9 heteroatoms. The normalized spacial score (nSPS) is 11.0. The van der Waals surface area contributed by atoms with E-state index in [1.807, 2.05) is 6.07 Å². The molecular weight excluding hydrogens is 445 g/mol. The molecule has 1 N–H and O–H groups in total. The zero-order chi connectivity index (χ0) is 21.1. The van der Waals surface area contributed by atoms with Gasteiger partial charge in [0.2, 0.25) is 5.91 Å². The van der Waals surface area contributed by atoms with Gasteiger partial charge < -0.3 is 9.73 Å². The molecule has 0 spiro atoms. The lowest BCUT2D eigenvalue weighted by Gasteiger charge is -2.12. The van der Waals surface area contributed by atoms with Crippen LogP contribution in [0.5, 0.6) is 0 Å². The van der Waals surface area contributed by atoms with Gasteiger partial charge in [0, 0.05) is 5.69 Å². The van der Waals surface area contributed by atoms with Crippen LogP contribution < -0.4 is 10.9 Å². The second-order valence-electron chi connectivity index (χ2n) is 6.35. The van der Waals surface area contributed by atoms with Gasteiger partial charge in [-0.1, -0.05) is 47.1 Å². The highest BCUT2D eigenvalue weighted by molar-refractivity contribution is 7.99. The highest BCUT2D eigenvalue weighted by Crippen LogP contribution is 2.25. The van der Waals surface area contributed by atoms with E-state index < -0.39 is 0 Å². The molecule has 0 atom stereocenters. The highest BCUT2D eigenvalue weighted by Gasteiger charge is 2.15. The minimum Gasteiger partial charge on any atom is -0.467 e. The predicted octanol–water partition coefficient (Wildman–Crippen LogP) is 5.08. The van der Waals surface area contributed by atoms with E-state index in [-0.39, 0.29) is 23.8 Å². The molecule has 0 unspecified atom stereocenters. The fraction of sp³-hybridized carbons (Fsp3) is 0.0952. The van der Waals surface area contributed by atoms with Gasteiger partial charge in [-0.3, -0.25) is 14.2 Å². The molecule has 0 fully saturated rings. The summed E-state index contributed by atoms with van der Waals surface area (Å²) in [4.78, 5) is 30.0. The quantitative estimate of drug-likeness (QED) is 0.321. The van der Waals surface area contributed by atoms with Crippen molar-refractivity contribution in [1.29, 1.82) is 0 Å². The van der Waals surface area contributed by atoms with Crippen molar-refractivity contribution in [3.8, 4) is 0 Å². The Labute approximate surface area is 185 Å². The molecule has 0 saturated carbocycles. The molecule has 2 aromatic heterocycles. The van der Waals surface area contributed by atoms with Crippen LogP contribution in [0.3, 0.4) is 0 Å². The maximum absolute atomic E-state index is 13.0. The Balaban J connectivity index is 1.58. The van der Waals surface area contributed by atoms with Gasteiger partial charge in [-0.05, 0) is 42.5 Å². The van der Waals surface area contributed by atoms with Crippen LogP contribution in [0.15, 0.2) is 75.2 Å². The average molecular weight is 460 g/mol. The van der Waals surface area contributed by atoms with Gasteiger partial charge in [0.05, 0.1) is 39.5 Å². The van der Waals surface area contributed by atoms with E-state index in [1.165, 1.54) is 16.3 Å². The number of halogens is 2. The van der Waals surface area contributed by atoms with Crippen LogP contribution in [0.2, 0.25) is 10.0 Å². The molecule has 0 radical (unpaired) electrons. The van der Waals surface area contributed by atoms with Gasteiger partial charge in [-0.25, -0.2) is 4.98 Å². The third kappa shape index (κ3) is 4.53. The van der Waals surface area contributed by atoms with E-state index in [9.17, 15) is 9.59 Å². The molecule has 2 aromatic carbocycles. The molecule has 0 aliphatic rings. The third-order valence-corrected chi connectivity index (χ3v) is 5.97. The van der Waals surface area contributed by atoms with Crippen LogP contribution in [0.1, 0.15) is 5.76 Å². The van der Waals surface area contributed by atoms with E-state index in [0.717, 1.165) is 0 Å². The molecule has 0 aliphatic carbocycles. The molecule has 4 aromatic rings. The van der Waals surface area contributed by atoms with E-state index >= 15 is 0 Å². The summed E-state index contributed by atoms with van der Waals surface area (Å²) in [5.41, 5.74) is 0.921. The zero-order valence-electron chi connectivity index (χ0n) is 15.5. The number of hydrogen-bond donors (Lipinski definition) is 1. The largest absolute Gasteiger partial charge is 0.467 e. The van der Waals surface area contributed by atoms with Crippen LogP contribution in [0, 0.1) is 0 Å². The van der Waals surface area contributed by atoms with E-state index in [2.05, 4.69) is 10.3 Å². The molecule has 30 heavy (non-hydrogen) atoms. The van der Waals surface area contributed by atoms with Crippen molar-refractivity contribution >= 4 is 57.5 Å². The SMILES string of the molecule is O=C(CSc1nc2ccccc2c(=O)n1Cc1ccco1)Nc1ccc(Cl)c(Cl)c1. The van der Waals surface area contributed by atoms with Gasteiger partial charge in [-0.2, -0.15) is 0 Å². The van der Waals surface area contributed by atoms with E-state index in [1.54, 1.807) is 54.8 Å². The third-order valence-electron chi connectivity index (χ3n) is 4.26. The summed E-state index contributed by atoms with van der Waals surface area (Å²) in [6, 6.07) is 15.5. The molecule has 0 aliphatic heterocycles. The number of benzene rings is 2. The van der Waals surface area contributed by atoms with Gasteiger partial charge >= 0.3 is 0 Å². The summed E-state index contributed by atoms with van der Waals surface area (Å²) in [6.45, 7) is 0.223. The van der Waals surface area contributed by atoms with Crippen molar-refractivity contribution in [2.75, 3.05) is 11.1 Å². The van der Waals surface area contributed by atoms with Crippen molar-refractivity contribution in [3.05, 3.63) is 87.0 Å². The zero-order valence-corrected chi connectivity index (χ0v) is 17.8. The number of aromatic nitrogens is 2. The Morgan fingerprint density at radius 2 is 1.93 bits per heavy atom. The number of thioether (sulfide) groups is 1. The minimum atomic E-state index is -0.259. The maximum Gasteiger partial charge on any atom is 0.262 e. The summed E-state index contributed by atoms with van der Waals surface area (Å²) in [5, 5.41) is 4.46. The summed E-state index contributed by atoms with van der Waals surface area (Å²) >= 11 is 13.1. The highest BCUT2D eigenvalue weighted by atomic mass is 35.5. The number of hydrogen-bond acceptors (Lipinski definition) is 5. The Morgan fingerprint density at radius 3 is 2.70 bits per heavy atom. The molecule has 6 nitrogen and oxygen atoms in total. The molecule has 2 heterocycles. The van der Waals surface area contributed by atoms with Crippen LogP contribution in [-0.4, -0.2) is 21.2 Å². The second kappa shape index (κ2) is 8.95. The number of fused-ring (bicyclic) bond motifs is 1. The van der Waals surface area contributed by atoms with Crippen LogP contribution in [0.4, 0.5) is 5.69 Å². The fourth-order valence-electron chi connectivity index (χ4n) is 2.86. The lowest BCUT2D eigenvalue weighted by Crippen LogP contribution is -2.24. The molecule has 0 bridgehead atoms. The van der Waals surface area contributed by atoms with Gasteiger partial charge in [0.25, 0.3) is 5.56 Å². The van der Waals surface area contributed by atoms with Crippen molar-refractivity contribution in [2.24, 2.45) is 0 Å². The molecule has 0 saturated heterocycles. The first-order valence-electron chi connectivity index (χ1n) is 8.91. The van der Waals surface area contributed by atoms with E-state index in [0.29, 0.717) is 37.6 Å². The van der Waals surface area contributed by atoms with Crippen molar-refractivity contribution in [2.45, 2.75) is 11.7 Å². The number of furan rings is 1. The molecular formula is C21H15Cl2N3O3S. The summed E-state index contributed by atoms with van der Waals surface area (Å²) in [7, 11) is 0. The Hall–Kier alpha value is -2.74. The number of anilines is 1. The number of nitrogens with one attached hydrogen (secondary N) is 1. The number of carbonyl (C=O) groups is 1. The van der Waals surface area contributed by atoms with Crippen molar-refractivity contribution < 1.29 is 9.21 Å². The number of carbonyl (C=O) groups excluding carboxylic acids is 1. The average Bonchev–Trinajstić information content (AvgIpc) is 3.25. The van der Waals surface area contributed by atoms with Gasteiger partial charge in [-0.15, -0.1) is 0 Å². The number of nitrogens with zero attached hydrogens (tertiary/aromatic N) is 2. The molecule has 4 rings (SSSR count). The fourth-order valence-corrected chi connectivity index (χ4v) is 3.95. The van der Waals surface area contributed by atoms with Crippen LogP contribution in [0.25, 0.3) is 10.9 Å². The Bertz CT molecular complexity index is 1270. The Morgan fingerprint density at radius 1 is 1.10 bits per heavy atom. The maximum atomic E-state index is 13.0. The minimum absolute atomic E-state index is 0.0587.